The van der Waals surface area contributed by atoms with Crippen LogP contribution in [0.4, 0.5) is 0 Å². The molecule has 1 aromatic heterocycles. The van der Waals surface area contributed by atoms with Crippen molar-refractivity contribution in [3.8, 4) is 0 Å². The number of ether oxygens (including phenoxy) is 1. The minimum Gasteiger partial charge on any atom is -0.358 e. The molecule has 1 N–H and O–H groups in total. The lowest BCUT2D eigenvalue weighted by Gasteiger charge is -2.32. The molecule has 1 amide bonds. The Morgan fingerprint density at radius 1 is 1.24 bits per heavy atom. The predicted octanol–water partition coefficient (Wildman–Crippen LogP) is 2.88. The monoisotopic (exact) mass is 340 g/mol. The van der Waals surface area contributed by atoms with Crippen LogP contribution in [0.2, 0.25) is 0 Å². The smallest absolute Gasteiger partial charge is 0.246 e. The number of aromatic nitrogens is 3. The molecule has 6 nitrogen and oxygen atoms in total. The van der Waals surface area contributed by atoms with Gasteiger partial charge in [0.15, 0.2) is 11.6 Å². The van der Waals surface area contributed by atoms with E-state index in [1.54, 1.807) is 0 Å². The first kappa shape index (κ1) is 16.3. The number of morpholine rings is 1. The van der Waals surface area contributed by atoms with Gasteiger partial charge in [-0.2, -0.15) is 5.10 Å². The van der Waals surface area contributed by atoms with E-state index in [2.05, 4.69) is 12.2 Å². The summed E-state index contributed by atoms with van der Waals surface area (Å²) in [6.07, 6.45) is 4.52. The summed E-state index contributed by atoms with van der Waals surface area (Å²) >= 11 is 0. The molecule has 1 saturated carbocycles. The normalized spacial score (nSPS) is 24.4. The van der Waals surface area contributed by atoms with Gasteiger partial charge in [0.25, 0.3) is 0 Å². The van der Waals surface area contributed by atoms with Crippen molar-refractivity contribution in [2.45, 2.75) is 57.2 Å². The van der Waals surface area contributed by atoms with Gasteiger partial charge in [0.1, 0.15) is 12.7 Å². The van der Waals surface area contributed by atoms with Gasteiger partial charge in [-0.15, -0.1) is 0 Å². The maximum atomic E-state index is 11.9. The molecular formula is C19H24N4O2. The van der Waals surface area contributed by atoms with Crippen molar-refractivity contribution in [3.63, 3.8) is 0 Å². The highest BCUT2D eigenvalue weighted by atomic mass is 16.5. The fourth-order valence-corrected chi connectivity index (χ4v) is 3.87. The molecule has 25 heavy (non-hydrogen) atoms. The lowest BCUT2D eigenvalue weighted by molar-refractivity contribution is -0.138. The number of carbonyl (C=O) groups excluding carboxylic acids is 1. The van der Waals surface area contributed by atoms with Crippen LogP contribution in [0, 0.1) is 0 Å². The second-order valence-corrected chi connectivity index (χ2v) is 6.81. The van der Waals surface area contributed by atoms with E-state index in [1.165, 1.54) is 12.8 Å². The third kappa shape index (κ3) is 3.18. The Balaban J connectivity index is 1.69. The van der Waals surface area contributed by atoms with Crippen LogP contribution in [-0.4, -0.2) is 27.3 Å². The highest BCUT2D eigenvalue weighted by Crippen LogP contribution is 2.36. The van der Waals surface area contributed by atoms with Crippen LogP contribution in [0.3, 0.4) is 0 Å². The second-order valence-electron chi connectivity index (χ2n) is 6.81. The van der Waals surface area contributed by atoms with Gasteiger partial charge in [0.05, 0.1) is 6.04 Å². The van der Waals surface area contributed by atoms with Gasteiger partial charge in [0, 0.05) is 12.5 Å². The minimum atomic E-state index is -0.317. The minimum absolute atomic E-state index is 0.0589. The third-order valence-electron chi connectivity index (χ3n) is 5.16. The number of nitrogens with one attached hydrogen (secondary N) is 1. The van der Waals surface area contributed by atoms with Gasteiger partial charge >= 0.3 is 0 Å². The van der Waals surface area contributed by atoms with Crippen molar-refractivity contribution >= 4 is 5.91 Å². The van der Waals surface area contributed by atoms with Crippen LogP contribution < -0.4 is 5.32 Å². The van der Waals surface area contributed by atoms with Gasteiger partial charge < -0.3 is 10.1 Å². The summed E-state index contributed by atoms with van der Waals surface area (Å²) in [6, 6.07) is 9.70. The topological polar surface area (TPSA) is 69.0 Å². The standard InChI is InChI=1S/C19H24N4O2/c1-2-23-19(21-18(22-23)14-10-6-7-11-14)17-16(20-15(24)12-25-17)13-8-4-3-5-9-13/h3-5,8-9,14,16-17H,2,6-7,10-12H2,1H3,(H,20,24)/t16-,17+/m1/s1. The molecule has 2 atom stereocenters. The molecule has 4 rings (SSSR count). The second kappa shape index (κ2) is 6.96. The van der Waals surface area contributed by atoms with Gasteiger partial charge in [-0.3, -0.25) is 4.79 Å². The average molecular weight is 340 g/mol. The quantitative estimate of drug-likeness (QED) is 0.929. The predicted molar refractivity (Wildman–Crippen MR) is 92.9 cm³/mol. The van der Waals surface area contributed by atoms with Crippen molar-refractivity contribution < 1.29 is 9.53 Å². The van der Waals surface area contributed by atoms with E-state index in [0.717, 1.165) is 36.6 Å². The van der Waals surface area contributed by atoms with Crippen LogP contribution in [0.25, 0.3) is 0 Å². The Bertz CT molecular complexity index is 737. The molecule has 6 heteroatoms. The zero-order chi connectivity index (χ0) is 17.2. The van der Waals surface area contributed by atoms with Crippen LogP contribution in [0.15, 0.2) is 30.3 Å². The Hall–Kier alpha value is -2.21. The maximum Gasteiger partial charge on any atom is 0.246 e. The summed E-state index contributed by atoms with van der Waals surface area (Å²) in [5, 5.41) is 7.81. The number of benzene rings is 1. The summed E-state index contributed by atoms with van der Waals surface area (Å²) in [5.41, 5.74) is 1.02. The molecule has 0 unspecified atom stereocenters. The molecule has 0 bridgehead atoms. The van der Waals surface area contributed by atoms with Crippen LogP contribution in [0.5, 0.6) is 0 Å². The van der Waals surface area contributed by atoms with E-state index >= 15 is 0 Å². The highest BCUT2D eigenvalue weighted by Gasteiger charge is 2.36. The number of aryl methyl sites for hydroxylation is 1. The molecule has 2 heterocycles. The molecule has 1 aromatic carbocycles. The summed E-state index contributed by atoms with van der Waals surface area (Å²) in [6.45, 7) is 2.86. The van der Waals surface area contributed by atoms with Crippen LogP contribution in [0.1, 0.15) is 67.9 Å². The van der Waals surface area contributed by atoms with Crippen molar-refractivity contribution in [2.75, 3.05) is 6.61 Å². The van der Waals surface area contributed by atoms with Crippen molar-refractivity contribution in [1.29, 1.82) is 0 Å². The average Bonchev–Trinajstić information content (AvgIpc) is 3.32. The van der Waals surface area contributed by atoms with E-state index < -0.39 is 0 Å². The number of hydrogen-bond donors (Lipinski definition) is 1. The summed E-state index contributed by atoms with van der Waals surface area (Å²) < 4.78 is 7.86. The molecule has 0 radical (unpaired) electrons. The fourth-order valence-electron chi connectivity index (χ4n) is 3.87. The molecule has 132 valence electrons. The van der Waals surface area contributed by atoms with Gasteiger partial charge in [0.2, 0.25) is 5.91 Å². The summed E-state index contributed by atoms with van der Waals surface area (Å²) in [4.78, 5) is 16.8. The molecule has 2 aromatic rings. The molecule has 2 aliphatic rings. The third-order valence-corrected chi connectivity index (χ3v) is 5.16. The zero-order valence-corrected chi connectivity index (χ0v) is 14.5. The van der Waals surface area contributed by atoms with Crippen molar-refractivity contribution in [1.82, 2.24) is 20.1 Å². The van der Waals surface area contributed by atoms with Crippen LogP contribution >= 0.6 is 0 Å². The Kier molecular flexibility index (Phi) is 4.53. The first-order valence-electron chi connectivity index (χ1n) is 9.17. The molecule has 0 spiro atoms. The number of carbonyl (C=O) groups is 1. The van der Waals surface area contributed by atoms with Crippen molar-refractivity contribution in [3.05, 3.63) is 47.5 Å². The van der Waals surface area contributed by atoms with Crippen molar-refractivity contribution in [2.24, 2.45) is 0 Å². The lowest BCUT2D eigenvalue weighted by Crippen LogP contribution is -2.42. The largest absolute Gasteiger partial charge is 0.358 e. The maximum absolute atomic E-state index is 11.9. The molecule has 1 saturated heterocycles. The van der Waals surface area contributed by atoms with Gasteiger partial charge in [-0.05, 0) is 25.3 Å². The number of amides is 1. The van der Waals surface area contributed by atoms with E-state index in [1.807, 2.05) is 35.0 Å². The molecule has 1 aliphatic heterocycles. The highest BCUT2D eigenvalue weighted by molar-refractivity contribution is 5.78. The van der Waals surface area contributed by atoms with E-state index in [-0.39, 0.29) is 24.7 Å². The number of nitrogens with zero attached hydrogens (tertiary/aromatic N) is 3. The van der Waals surface area contributed by atoms with E-state index in [0.29, 0.717) is 5.92 Å². The Labute approximate surface area is 147 Å². The summed E-state index contributed by atoms with van der Waals surface area (Å²) in [7, 11) is 0. The Morgan fingerprint density at radius 3 is 2.72 bits per heavy atom. The first-order valence-corrected chi connectivity index (χ1v) is 9.17. The SMILES string of the molecule is CCn1nc(C2CCCC2)nc1[C@H]1OCC(=O)N[C@@H]1c1ccccc1. The fraction of sp³-hybridized carbons (Fsp3) is 0.526. The number of rotatable bonds is 4. The van der Waals surface area contributed by atoms with Gasteiger partial charge in [-0.25, -0.2) is 9.67 Å². The van der Waals surface area contributed by atoms with E-state index in [9.17, 15) is 4.79 Å². The first-order chi connectivity index (χ1) is 12.3. The Morgan fingerprint density at radius 2 is 2.00 bits per heavy atom. The van der Waals surface area contributed by atoms with Gasteiger partial charge in [-0.1, -0.05) is 43.2 Å². The summed E-state index contributed by atoms with van der Waals surface area (Å²) in [5.74, 6) is 2.11. The van der Waals surface area contributed by atoms with E-state index in [4.69, 9.17) is 14.8 Å². The molecule has 1 aliphatic carbocycles. The lowest BCUT2D eigenvalue weighted by atomic mass is 9.99. The number of hydrogen-bond acceptors (Lipinski definition) is 4. The molecule has 2 fully saturated rings. The zero-order valence-electron chi connectivity index (χ0n) is 14.5. The molecular weight excluding hydrogens is 316 g/mol. The van der Waals surface area contributed by atoms with Crippen LogP contribution in [-0.2, 0) is 16.1 Å².